The van der Waals surface area contributed by atoms with Gasteiger partial charge in [0, 0.05) is 6.07 Å². The number of benzene rings is 3. The van der Waals surface area contributed by atoms with Crippen LogP contribution in [0.25, 0.3) is 0 Å². The van der Waals surface area contributed by atoms with E-state index in [0.717, 1.165) is 16.9 Å². The number of nitrogens with one attached hydrogen (secondary N) is 1. The quantitative estimate of drug-likeness (QED) is 0.669. The Balaban J connectivity index is 1.94. The minimum Gasteiger partial charge on any atom is -0.497 e. The maximum absolute atomic E-state index is 13.0. The highest BCUT2D eigenvalue weighted by Gasteiger charge is 2.20. The van der Waals surface area contributed by atoms with Gasteiger partial charge < -0.3 is 19.5 Å². The third-order valence-electron chi connectivity index (χ3n) is 4.51. The molecule has 3 rings (SSSR count). The number of amides is 1. The van der Waals surface area contributed by atoms with Crippen molar-refractivity contribution in [3.8, 4) is 17.2 Å². The second kappa shape index (κ2) is 8.95. The molecule has 1 atom stereocenters. The highest BCUT2D eigenvalue weighted by Crippen LogP contribution is 2.28. The van der Waals surface area contributed by atoms with E-state index in [0.29, 0.717) is 17.1 Å². The summed E-state index contributed by atoms with van der Waals surface area (Å²) < 4.78 is 15.8. The minimum atomic E-state index is -0.314. The summed E-state index contributed by atoms with van der Waals surface area (Å²) in [5.41, 5.74) is 2.37. The van der Waals surface area contributed by atoms with Crippen molar-refractivity contribution in [2.24, 2.45) is 0 Å². The molecule has 1 unspecified atom stereocenters. The number of hydrogen-bond donors (Lipinski definition) is 1. The van der Waals surface area contributed by atoms with Crippen LogP contribution >= 0.6 is 0 Å². The number of ether oxygens (including phenoxy) is 3. The topological polar surface area (TPSA) is 56.8 Å². The van der Waals surface area contributed by atoms with E-state index in [1.165, 1.54) is 7.11 Å². The van der Waals surface area contributed by atoms with Crippen molar-refractivity contribution in [1.29, 1.82) is 0 Å². The Morgan fingerprint density at radius 3 is 1.96 bits per heavy atom. The van der Waals surface area contributed by atoms with Gasteiger partial charge in [-0.2, -0.15) is 0 Å². The van der Waals surface area contributed by atoms with Crippen LogP contribution in [-0.4, -0.2) is 27.2 Å². The molecule has 5 heteroatoms. The first-order valence-corrected chi connectivity index (χ1v) is 8.88. The lowest BCUT2D eigenvalue weighted by Crippen LogP contribution is -2.29. The van der Waals surface area contributed by atoms with Crippen molar-refractivity contribution in [2.45, 2.75) is 6.04 Å². The van der Waals surface area contributed by atoms with E-state index < -0.39 is 0 Å². The molecule has 5 nitrogen and oxygen atoms in total. The van der Waals surface area contributed by atoms with Gasteiger partial charge in [-0.05, 0) is 35.4 Å². The monoisotopic (exact) mass is 377 g/mol. The molecule has 0 bridgehead atoms. The van der Waals surface area contributed by atoms with Gasteiger partial charge in [0.15, 0.2) is 0 Å². The van der Waals surface area contributed by atoms with E-state index in [-0.39, 0.29) is 11.9 Å². The van der Waals surface area contributed by atoms with Crippen molar-refractivity contribution in [2.75, 3.05) is 21.3 Å². The summed E-state index contributed by atoms with van der Waals surface area (Å²) >= 11 is 0. The normalized spacial score (nSPS) is 11.4. The molecule has 0 radical (unpaired) electrons. The number of rotatable bonds is 7. The third-order valence-corrected chi connectivity index (χ3v) is 4.51. The molecule has 0 saturated heterocycles. The third kappa shape index (κ3) is 4.26. The van der Waals surface area contributed by atoms with Gasteiger partial charge in [-0.25, -0.2) is 0 Å². The molecule has 0 spiro atoms. The lowest BCUT2D eigenvalue weighted by atomic mass is 9.98. The van der Waals surface area contributed by atoms with E-state index in [1.807, 2.05) is 54.6 Å². The Bertz CT molecular complexity index is 923. The Morgan fingerprint density at radius 1 is 0.750 bits per heavy atom. The first-order chi connectivity index (χ1) is 13.7. The molecule has 1 N–H and O–H groups in total. The van der Waals surface area contributed by atoms with Gasteiger partial charge >= 0.3 is 0 Å². The van der Waals surface area contributed by atoms with Crippen LogP contribution in [0.15, 0.2) is 72.8 Å². The van der Waals surface area contributed by atoms with E-state index in [2.05, 4.69) is 5.32 Å². The summed E-state index contributed by atoms with van der Waals surface area (Å²) in [7, 11) is 4.73. The summed E-state index contributed by atoms with van der Waals surface area (Å²) in [6, 6.07) is 22.3. The van der Waals surface area contributed by atoms with Crippen molar-refractivity contribution in [1.82, 2.24) is 5.32 Å². The van der Waals surface area contributed by atoms with Crippen LogP contribution < -0.4 is 19.5 Å². The van der Waals surface area contributed by atoms with E-state index in [4.69, 9.17) is 14.2 Å². The van der Waals surface area contributed by atoms with Gasteiger partial charge in [-0.15, -0.1) is 0 Å². The maximum Gasteiger partial charge on any atom is 0.255 e. The first-order valence-electron chi connectivity index (χ1n) is 8.88. The fourth-order valence-corrected chi connectivity index (χ4v) is 3.00. The van der Waals surface area contributed by atoms with Crippen molar-refractivity contribution in [3.63, 3.8) is 0 Å². The summed E-state index contributed by atoms with van der Waals surface area (Å²) in [4.78, 5) is 13.0. The fourth-order valence-electron chi connectivity index (χ4n) is 3.00. The standard InChI is InChI=1S/C23H23NO4/c1-26-18-11-9-17(10-12-18)22(16-7-5-4-6-8-16)24-23(25)20-14-13-19(27-2)15-21(20)28-3/h4-15,22H,1-3H3,(H,24,25). The Hall–Kier alpha value is -3.47. The second-order valence-corrected chi connectivity index (χ2v) is 6.16. The van der Waals surface area contributed by atoms with Crippen molar-refractivity contribution >= 4 is 5.91 Å². The van der Waals surface area contributed by atoms with Gasteiger partial charge in [-0.3, -0.25) is 4.79 Å². The molecule has 0 aliphatic heterocycles. The molecule has 0 aliphatic rings. The van der Waals surface area contributed by atoms with Crippen LogP contribution in [0.2, 0.25) is 0 Å². The molecule has 0 heterocycles. The largest absolute Gasteiger partial charge is 0.497 e. The molecule has 144 valence electrons. The molecule has 3 aromatic rings. The van der Waals surface area contributed by atoms with Crippen LogP contribution in [0.4, 0.5) is 0 Å². The smallest absolute Gasteiger partial charge is 0.255 e. The van der Waals surface area contributed by atoms with Crippen LogP contribution in [0.3, 0.4) is 0 Å². The Kier molecular flexibility index (Phi) is 6.17. The summed E-state index contributed by atoms with van der Waals surface area (Å²) in [5.74, 6) is 1.62. The SMILES string of the molecule is COc1ccc(C(NC(=O)c2ccc(OC)cc2OC)c2ccccc2)cc1. The second-order valence-electron chi connectivity index (χ2n) is 6.16. The predicted octanol–water partition coefficient (Wildman–Crippen LogP) is 4.23. The van der Waals surface area contributed by atoms with Crippen LogP contribution in [0.1, 0.15) is 27.5 Å². The number of methoxy groups -OCH3 is 3. The van der Waals surface area contributed by atoms with Gasteiger partial charge in [0.1, 0.15) is 17.2 Å². The Labute approximate surface area is 164 Å². The van der Waals surface area contributed by atoms with E-state index in [1.54, 1.807) is 32.4 Å². The highest BCUT2D eigenvalue weighted by molar-refractivity contribution is 5.97. The summed E-state index contributed by atoms with van der Waals surface area (Å²) in [6.45, 7) is 0. The zero-order chi connectivity index (χ0) is 19.9. The number of carbonyl (C=O) groups is 1. The molecule has 0 saturated carbocycles. The zero-order valence-corrected chi connectivity index (χ0v) is 16.1. The molecule has 3 aromatic carbocycles. The maximum atomic E-state index is 13.0. The molecular formula is C23H23NO4. The van der Waals surface area contributed by atoms with Gasteiger partial charge in [0.2, 0.25) is 0 Å². The van der Waals surface area contributed by atoms with Gasteiger partial charge in [0.25, 0.3) is 5.91 Å². The average molecular weight is 377 g/mol. The first kappa shape index (κ1) is 19.3. The van der Waals surface area contributed by atoms with Gasteiger partial charge in [0.05, 0.1) is 32.9 Å². The van der Waals surface area contributed by atoms with Crippen molar-refractivity contribution < 1.29 is 19.0 Å². The fraction of sp³-hybridized carbons (Fsp3) is 0.174. The molecule has 0 aromatic heterocycles. The average Bonchev–Trinajstić information content (AvgIpc) is 2.77. The molecule has 0 aliphatic carbocycles. The van der Waals surface area contributed by atoms with Crippen LogP contribution in [-0.2, 0) is 0 Å². The summed E-state index contributed by atoms with van der Waals surface area (Å²) in [6.07, 6.45) is 0. The van der Waals surface area contributed by atoms with E-state index >= 15 is 0 Å². The van der Waals surface area contributed by atoms with E-state index in [9.17, 15) is 4.79 Å². The number of carbonyl (C=O) groups excluding carboxylic acids is 1. The molecular weight excluding hydrogens is 354 g/mol. The number of hydrogen-bond acceptors (Lipinski definition) is 4. The van der Waals surface area contributed by atoms with Gasteiger partial charge in [-0.1, -0.05) is 42.5 Å². The van der Waals surface area contributed by atoms with Crippen molar-refractivity contribution in [3.05, 3.63) is 89.5 Å². The molecule has 1 amide bonds. The molecule has 0 fully saturated rings. The van der Waals surface area contributed by atoms with Crippen LogP contribution in [0.5, 0.6) is 17.2 Å². The lowest BCUT2D eigenvalue weighted by Gasteiger charge is -2.21. The highest BCUT2D eigenvalue weighted by atomic mass is 16.5. The minimum absolute atomic E-state index is 0.232. The predicted molar refractivity (Wildman–Crippen MR) is 108 cm³/mol. The van der Waals surface area contributed by atoms with Crippen LogP contribution in [0, 0.1) is 0 Å². The lowest BCUT2D eigenvalue weighted by molar-refractivity contribution is 0.0940. The summed E-state index contributed by atoms with van der Waals surface area (Å²) in [5, 5.41) is 3.11. The molecule has 28 heavy (non-hydrogen) atoms. The zero-order valence-electron chi connectivity index (χ0n) is 16.1. The Morgan fingerprint density at radius 2 is 1.36 bits per heavy atom.